The number of anilines is 1. The molecule has 1 saturated carbocycles. The molecule has 0 saturated heterocycles. The van der Waals surface area contributed by atoms with Gasteiger partial charge in [-0.15, -0.1) is 0 Å². The molecule has 0 radical (unpaired) electrons. The van der Waals surface area contributed by atoms with E-state index in [2.05, 4.69) is 10.3 Å². The highest BCUT2D eigenvalue weighted by molar-refractivity contribution is 8.00. The Hall–Kier alpha value is -3.14. The van der Waals surface area contributed by atoms with Crippen molar-refractivity contribution in [3.05, 3.63) is 50.9 Å². The number of aryl methyl sites for hydroxylation is 1. The maximum Gasteiger partial charge on any atom is 0.332 e. The predicted octanol–water partition coefficient (Wildman–Crippen LogP) is 2.81. The predicted molar refractivity (Wildman–Crippen MR) is 128 cm³/mol. The van der Waals surface area contributed by atoms with E-state index in [1.807, 2.05) is 0 Å². The lowest BCUT2D eigenvalue weighted by Gasteiger charge is -2.21. The van der Waals surface area contributed by atoms with Crippen LogP contribution in [0.5, 0.6) is 5.75 Å². The molecule has 0 bridgehead atoms. The van der Waals surface area contributed by atoms with Crippen molar-refractivity contribution in [2.75, 3.05) is 18.2 Å². The average Bonchev–Trinajstić information content (AvgIpc) is 2.85. The maximum absolute atomic E-state index is 12.9. The molecule has 0 unspecified atom stereocenters. The molecule has 33 heavy (non-hydrogen) atoms. The normalized spacial score (nSPS) is 14.4. The van der Waals surface area contributed by atoms with Crippen LogP contribution >= 0.6 is 11.8 Å². The van der Waals surface area contributed by atoms with Crippen LogP contribution in [0.15, 0.2) is 38.9 Å². The third-order valence-corrected chi connectivity index (χ3v) is 6.94. The standard InChI is InChI=1S/C23H27N5O4S/c1-27-20-18(22(30)28(2)23(27)31)21(26-19(25-20)14-7-5-4-6-8-14)33-13-17(29)24-15-9-11-16(32-3)12-10-15/h9-12,14H,4-8,13H2,1-3H3,(H,24,29). The molecular formula is C23H27N5O4S. The summed E-state index contributed by atoms with van der Waals surface area (Å²) < 4.78 is 7.56. The first-order valence-corrected chi connectivity index (χ1v) is 11.9. The Balaban J connectivity index is 1.66. The van der Waals surface area contributed by atoms with E-state index in [4.69, 9.17) is 9.72 Å². The zero-order chi connectivity index (χ0) is 23.5. The number of benzene rings is 1. The molecule has 1 N–H and O–H groups in total. The Kier molecular flexibility index (Phi) is 6.83. The fraction of sp³-hybridized carbons (Fsp3) is 0.435. The van der Waals surface area contributed by atoms with Gasteiger partial charge >= 0.3 is 5.69 Å². The number of ether oxygens (including phenoxy) is 1. The van der Waals surface area contributed by atoms with Gasteiger partial charge < -0.3 is 10.1 Å². The number of aromatic nitrogens is 4. The third-order valence-electron chi connectivity index (χ3n) is 5.97. The van der Waals surface area contributed by atoms with Crippen LogP contribution in [-0.4, -0.2) is 37.9 Å². The molecule has 1 aliphatic rings. The Bertz CT molecular complexity index is 1290. The molecule has 174 valence electrons. The van der Waals surface area contributed by atoms with Crippen molar-refractivity contribution in [1.82, 2.24) is 19.1 Å². The van der Waals surface area contributed by atoms with E-state index in [1.54, 1.807) is 38.4 Å². The van der Waals surface area contributed by atoms with Gasteiger partial charge in [-0.2, -0.15) is 0 Å². The summed E-state index contributed by atoms with van der Waals surface area (Å²) in [5, 5.41) is 3.54. The quantitative estimate of drug-likeness (QED) is 0.437. The van der Waals surface area contributed by atoms with Gasteiger partial charge in [0.25, 0.3) is 5.56 Å². The molecule has 1 fully saturated rings. The third kappa shape index (κ3) is 4.80. The number of carbonyl (C=O) groups is 1. The summed E-state index contributed by atoms with van der Waals surface area (Å²) >= 11 is 1.18. The lowest BCUT2D eigenvalue weighted by Crippen LogP contribution is -2.38. The van der Waals surface area contributed by atoms with Crippen LogP contribution in [0.4, 0.5) is 5.69 Å². The molecule has 3 aromatic rings. The number of hydrogen-bond acceptors (Lipinski definition) is 7. The zero-order valence-electron chi connectivity index (χ0n) is 19.0. The maximum atomic E-state index is 12.9. The number of methoxy groups -OCH3 is 1. The summed E-state index contributed by atoms with van der Waals surface area (Å²) in [6.45, 7) is 0. The lowest BCUT2D eigenvalue weighted by molar-refractivity contribution is -0.113. The van der Waals surface area contributed by atoms with Crippen molar-refractivity contribution in [3.8, 4) is 5.75 Å². The van der Waals surface area contributed by atoms with E-state index in [0.29, 0.717) is 27.9 Å². The minimum Gasteiger partial charge on any atom is -0.497 e. The SMILES string of the molecule is COc1ccc(NC(=O)CSc2nc(C3CCCCC3)nc3c2c(=O)n(C)c(=O)n3C)cc1. The highest BCUT2D eigenvalue weighted by atomic mass is 32.2. The number of carbonyl (C=O) groups excluding carboxylic acids is 1. The number of hydrogen-bond donors (Lipinski definition) is 1. The van der Waals surface area contributed by atoms with Gasteiger partial charge in [0.05, 0.1) is 12.9 Å². The summed E-state index contributed by atoms with van der Waals surface area (Å²) in [6, 6.07) is 7.05. The Morgan fingerprint density at radius 1 is 1.09 bits per heavy atom. The van der Waals surface area contributed by atoms with E-state index in [0.717, 1.165) is 30.3 Å². The summed E-state index contributed by atoms with van der Waals surface area (Å²) in [4.78, 5) is 47.4. The first-order valence-electron chi connectivity index (χ1n) is 10.9. The number of nitrogens with one attached hydrogen (secondary N) is 1. The molecule has 0 spiro atoms. The molecule has 1 aliphatic carbocycles. The second kappa shape index (κ2) is 9.78. The van der Waals surface area contributed by atoms with Gasteiger partial charge in [0.1, 0.15) is 22.0 Å². The first-order chi connectivity index (χ1) is 15.9. The van der Waals surface area contributed by atoms with Gasteiger partial charge in [-0.05, 0) is 37.1 Å². The van der Waals surface area contributed by atoms with E-state index < -0.39 is 11.2 Å². The van der Waals surface area contributed by atoms with Crippen molar-refractivity contribution >= 4 is 34.4 Å². The Morgan fingerprint density at radius 2 is 1.79 bits per heavy atom. The van der Waals surface area contributed by atoms with E-state index in [9.17, 15) is 14.4 Å². The van der Waals surface area contributed by atoms with E-state index >= 15 is 0 Å². The smallest absolute Gasteiger partial charge is 0.332 e. The van der Waals surface area contributed by atoms with Crippen molar-refractivity contribution in [1.29, 1.82) is 0 Å². The van der Waals surface area contributed by atoms with Crippen LogP contribution in [0.2, 0.25) is 0 Å². The molecule has 1 aromatic carbocycles. The van der Waals surface area contributed by atoms with Crippen LogP contribution in [0, 0.1) is 0 Å². The van der Waals surface area contributed by atoms with Crippen LogP contribution in [0.1, 0.15) is 43.8 Å². The molecule has 4 rings (SSSR count). The Labute approximate surface area is 195 Å². The van der Waals surface area contributed by atoms with Gasteiger partial charge in [0.15, 0.2) is 5.65 Å². The van der Waals surface area contributed by atoms with Crippen molar-refractivity contribution in [2.24, 2.45) is 14.1 Å². The molecular weight excluding hydrogens is 442 g/mol. The second-order valence-corrected chi connectivity index (χ2v) is 9.16. The van der Waals surface area contributed by atoms with Crippen molar-refractivity contribution < 1.29 is 9.53 Å². The summed E-state index contributed by atoms with van der Waals surface area (Å²) in [5.74, 6) is 1.37. The highest BCUT2D eigenvalue weighted by Gasteiger charge is 2.23. The zero-order valence-corrected chi connectivity index (χ0v) is 19.8. The number of amides is 1. The van der Waals surface area contributed by atoms with Gasteiger partial charge in [0, 0.05) is 25.7 Å². The minimum absolute atomic E-state index is 0.0637. The number of thioether (sulfide) groups is 1. The van der Waals surface area contributed by atoms with Crippen LogP contribution in [0.25, 0.3) is 11.0 Å². The molecule has 0 atom stereocenters. The topological polar surface area (TPSA) is 108 Å². The molecule has 2 aromatic heterocycles. The number of fused-ring (bicyclic) bond motifs is 1. The minimum atomic E-state index is -0.457. The van der Waals surface area contributed by atoms with Crippen LogP contribution < -0.4 is 21.3 Å². The Morgan fingerprint density at radius 3 is 2.45 bits per heavy atom. The van der Waals surface area contributed by atoms with Crippen LogP contribution in [-0.2, 0) is 18.9 Å². The van der Waals surface area contributed by atoms with Crippen LogP contribution in [0.3, 0.4) is 0 Å². The molecule has 9 nitrogen and oxygen atoms in total. The number of rotatable bonds is 6. The molecule has 1 amide bonds. The fourth-order valence-corrected chi connectivity index (χ4v) is 4.92. The van der Waals surface area contributed by atoms with E-state index in [1.165, 1.54) is 29.8 Å². The first kappa shape index (κ1) is 23.0. The van der Waals surface area contributed by atoms with Gasteiger partial charge in [-0.3, -0.25) is 18.7 Å². The largest absolute Gasteiger partial charge is 0.497 e. The fourth-order valence-electron chi connectivity index (χ4n) is 4.10. The lowest BCUT2D eigenvalue weighted by atomic mass is 9.89. The average molecular weight is 470 g/mol. The van der Waals surface area contributed by atoms with Gasteiger partial charge in [0.2, 0.25) is 5.91 Å². The summed E-state index contributed by atoms with van der Waals surface area (Å²) in [7, 11) is 4.62. The summed E-state index contributed by atoms with van der Waals surface area (Å²) in [6.07, 6.45) is 5.36. The molecule has 0 aliphatic heterocycles. The molecule has 2 heterocycles. The number of nitrogens with zero attached hydrogens (tertiary/aromatic N) is 4. The second-order valence-electron chi connectivity index (χ2n) is 8.19. The summed E-state index contributed by atoms with van der Waals surface area (Å²) in [5.41, 5.74) is 0.0715. The van der Waals surface area contributed by atoms with Gasteiger partial charge in [-0.25, -0.2) is 14.8 Å². The highest BCUT2D eigenvalue weighted by Crippen LogP contribution is 2.33. The molecule has 10 heteroatoms. The van der Waals surface area contributed by atoms with Crippen molar-refractivity contribution in [3.63, 3.8) is 0 Å². The van der Waals surface area contributed by atoms with Gasteiger partial charge in [-0.1, -0.05) is 31.0 Å². The monoisotopic (exact) mass is 469 g/mol. The van der Waals surface area contributed by atoms with E-state index in [-0.39, 0.29) is 23.0 Å². The van der Waals surface area contributed by atoms with Crippen molar-refractivity contribution in [2.45, 2.75) is 43.0 Å².